The van der Waals surface area contributed by atoms with E-state index in [2.05, 4.69) is 32.0 Å². The molecule has 1 atom stereocenters. The van der Waals surface area contributed by atoms with Crippen LogP contribution < -0.4 is 10.2 Å². The SMILES string of the molecule is CC1(NC(=O)C2CCN(c3nccc(-c4ccc(F)cc4)n3)CC2)CN2CCC1CC2. The lowest BCUT2D eigenvalue weighted by Crippen LogP contribution is -2.66. The van der Waals surface area contributed by atoms with Crippen molar-refractivity contribution in [2.75, 3.05) is 37.6 Å². The molecule has 1 N–H and O–H groups in total. The van der Waals surface area contributed by atoms with Crippen LogP contribution in [-0.2, 0) is 4.79 Å². The summed E-state index contributed by atoms with van der Waals surface area (Å²) in [5, 5.41) is 3.43. The molecule has 31 heavy (non-hydrogen) atoms. The highest BCUT2D eigenvalue weighted by Gasteiger charge is 2.45. The Bertz CT molecular complexity index is 935. The summed E-state index contributed by atoms with van der Waals surface area (Å²) in [6.45, 7) is 7.07. The van der Waals surface area contributed by atoms with E-state index >= 15 is 0 Å². The van der Waals surface area contributed by atoms with Crippen molar-refractivity contribution < 1.29 is 9.18 Å². The molecule has 0 radical (unpaired) electrons. The van der Waals surface area contributed by atoms with Gasteiger partial charge in [-0.1, -0.05) is 0 Å². The average molecular weight is 424 g/mol. The molecule has 4 saturated heterocycles. The number of anilines is 1. The molecular formula is C24H30FN5O. The Morgan fingerprint density at radius 2 is 1.77 bits per heavy atom. The first kappa shape index (κ1) is 20.4. The maximum atomic E-state index is 13.2. The second kappa shape index (κ2) is 8.19. The molecule has 5 heterocycles. The molecule has 7 heteroatoms. The molecule has 1 unspecified atom stereocenters. The van der Waals surface area contributed by atoms with Crippen LogP contribution >= 0.6 is 0 Å². The van der Waals surface area contributed by atoms with E-state index in [1.165, 1.54) is 38.1 Å². The molecule has 6 rings (SSSR count). The standard InChI is InChI=1S/C24H30FN5O/c1-24(16-29-12-9-19(24)10-13-29)28-22(31)18-7-14-30(15-8-18)23-26-11-6-21(27-23)17-2-4-20(25)5-3-17/h2-6,11,18-19H,7-10,12-16H2,1H3,(H,28,31). The number of benzene rings is 1. The Labute approximate surface area is 182 Å². The third kappa shape index (κ3) is 4.15. The zero-order valence-corrected chi connectivity index (χ0v) is 18.1. The summed E-state index contributed by atoms with van der Waals surface area (Å²) in [6, 6.07) is 8.18. The van der Waals surface area contributed by atoms with Crippen molar-refractivity contribution in [3.8, 4) is 11.3 Å². The summed E-state index contributed by atoms with van der Waals surface area (Å²) in [5.74, 6) is 1.26. The van der Waals surface area contributed by atoms with Crippen molar-refractivity contribution in [3.05, 3.63) is 42.3 Å². The van der Waals surface area contributed by atoms with Crippen LogP contribution in [0, 0.1) is 17.7 Å². The molecular weight excluding hydrogens is 393 g/mol. The van der Waals surface area contributed by atoms with Gasteiger partial charge >= 0.3 is 0 Å². The highest BCUT2D eigenvalue weighted by molar-refractivity contribution is 5.80. The first-order valence-electron chi connectivity index (χ1n) is 11.4. The largest absolute Gasteiger partial charge is 0.349 e. The highest BCUT2D eigenvalue weighted by Crippen LogP contribution is 2.36. The maximum Gasteiger partial charge on any atom is 0.225 e. The molecule has 1 amide bonds. The number of nitrogens with zero attached hydrogens (tertiary/aromatic N) is 4. The monoisotopic (exact) mass is 423 g/mol. The van der Waals surface area contributed by atoms with Gasteiger partial charge in [0.15, 0.2) is 0 Å². The predicted molar refractivity (Wildman–Crippen MR) is 118 cm³/mol. The van der Waals surface area contributed by atoms with Gasteiger partial charge in [-0.15, -0.1) is 0 Å². The minimum absolute atomic E-state index is 0.0452. The predicted octanol–water partition coefficient (Wildman–Crippen LogP) is 3.10. The Hall–Kier alpha value is -2.54. The number of hydrogen-bond donors (Lipinski definition) is 1. The van der Waals surface area contributed by atoms with E-state index in [1.54, 1.807) is 18.3 Å². The van der Waals surface area contributed by atoms with E-state index in [9.17, 15) is 9.18 Å². The lowest BCUT2D eigenvalue weighted by Gasteiger charge is -2.52. The third-order valence-corrected chi connectivity index (χ3v) is 7.38. The summed E-state index contributed by atoms with van der Waals surface area (Å²) in [4.78, 5) is 26.8. The molecule has 4 aliphatic heterocycles. The molecule has 0 saturated carbocycles. The maximum absolute atomic E-state index is 13.2. The van der Waals surface area contributed by atoms with Crippen molar-refractivity contribution in [2.24, 2.45) is 11.8 Å². The molecule has 164 valence electrons. The Morgan fingerprint density at radius 3 is 2.42 bits per heavy atom. The van der Waals surface area contributed by atoms with Crippen LogP contribution in [0.5, 0.6) is 0 Å². The minimum Gasteiger partial charge on any atom is -0.349 e. The van der Waals surface area contributed by atoms with Crippen molar-refractivity contribution >= 4 is 11.9 Å². The number of rotatable bonds is 4. The molecule has 1 aromatic heterocycles. The molecule has 0 spiro atoms. The van der Waals surface area contributed by atoms with Crippen molar-refractivity contribution in [3.63, 3.8) is 0 Å². The lowest BCUT2D eigenvalue weighted by atomic mass is 9.73. The number of halogens is 1. The zero-order valence-electron chi connectivity index (χ0n) is 18.1. The second-order valence-electron chi connectivity index (χ2n) is 9.47. The summed E-state index contributed by atoms with van der Waals surface area (Å²) in [7, 11) is 0. The first-order valence-corrected chi connectivity index (χ1v) is 11.4. The van der Waals surface area contributed by atoms with Gasteiger partial charge in [0.05, 0.1) is 11.2 Å². The fourth-order valence-corrected chi connectivity index (χ4v) is 5.47. The van der Waals surface area contributed by atoms with Crippen LogP contribution in [0.15, 0.2) is 36.5 Å². The first-order chi connectivity index (χ1) is 15.0. The Balaban J connectivity index is 1.20. The van der Waals surface area contributed by atoms with Crippen LogP contribution in [-0.4, -0.2) is 59.0 Å². The van der Waals surface area contributed by atoms with Gasteiger partial charge in [-0.05, 0) is 81.9 Å². The number of nitrogens with one attached hydrogen (secondary N) is 1. The minimum atomic E-state index is -0.259. The number of fused-ring (bicyclic) bond motifs is 3. The van der Waals surface area contributed by atoms with Crippen LogP contribution in [0.1, 0.15) is 32.6 Å². The molecule has 4 aliphatic rings. The van der Waals surface area contributed by atoms with E-state index < -0.39 is 0 Å². The highest BCUT2D eigenvalue weighted by atomic mass is 19.1. The molecule has 2 bridgehead atoms. The number of hydrogen-bond acceptors (Lipinski definition) is 5. The number of amides is 1. The van der Waals surface area contributed by atoms with Gasteiger partial charge in [-0.3, -0.25) is 4.79 Å². The van der Waals surface area contributed by atoms with E-state index in [1.807, 2.05) is 6.07 Å². The Kier molecular flexibility index (Phi) is 5.38. The zero-order chi connectivity index (χ0) is 21.4. The fraction of sp³-hybridized carbons (Fsp3) is 0.542. The van der Waals surface area contributed by atoms with Crippen LogP contribution in [0.2, 0.25) is 0 Å². The van der Waals surface area contributed by atoms with E-state index in [0.29, 0.717) is 11.9 Å². The summed E-state index contributed by atoms with van der Waals surface area (Å²) < 4.78 is 13.2. The van der Waals surface area contributed by atoms with E-state index in [0.717, 1.165) is 43.7 Å². The van der Waals surface area contributed by atoms with Gasteiger partial charge in [0.1, 0.15) is 5.82 Å². The van der Waals surface area contributed by atoms with Crippen LogP contribution in [0.25, 0.3) is 11.3 Å². The lowest BCUT2D eigenvalue weighted by molar-refractivity contribution is -0.130. The fourth-order valence-electron chi connectivity index (χ4n) is 5.47. The molecule has 0 aliphatic carbocycles. The van der Waals surface area contributed by atoms with Crippen molar-refractivity contribution in [1.82, 2.24) is 20.2 Å². The van der Waals surface area contributed by atoms with Gasteiger partial charge in [0, 0.05) is 37.3 Å². The summed E-state index contributed by atoms with van der Waals surface area (Å²) in [6.07, 6.45) is 5.74. The smallest absolute Gasteiger partial charge is 0.225 e. The third-order valence-electron chi connectivity index (χ3n) is 7.38. The van der Waals surface area contributed by atoms with E-state index in [-0.39, 0.29) is 23.2 Å². The molecule has 4 fully saturated rings. The molecule has 2 aromatic rings. The van der Waals surface area contributed by atoms with Gasteiger partial charge in [0.25, 0.3) is 0 Å². The van der Waals surface area contributed by atoms with Crippen LogP contribution in [0.4, 0.5) is 10.3 Å². The number of carbonyl (C=O) groups excluding carboxylic acids is 1. The molecule has 6 nitrogen and oxygen atoms in total. The van der Waals surface area contributed by atoms with Gasteiger partial charge < -0.3 is 15.1 Å². The quantitative estimate of drug-likeness (QED) is 0.819. The number of carbonyl (C=O) groups is 1. The second-order valence-corrected chi connectivity index (χ2v) is 9.47. The summed E-state index contributed by atoms with van der Waals surface area (Å²) >= 11 is 0. The van der Waals surface area contributed by atoms with Gasteiger partial charge in [-0.2, -0.15) is 0 Å². The number of piperidine rings is 4. The summed E-state index contributed by atoms with van der Waals surface area (Å²) in [5.41, 5.74) is 1.56. The average Bonchev–Trinajstić information content (AvgIpc) is 2.80. The van der Waals surface area contributed by atoms with Gasteiger partial charge in [0.2, 0.25) is 11.9 Å². The number of aromatic nitrogens is 2. The normalized spacial score (nSPS) is 28.5. The Morgan fingerprint density at radius 1 is 1.06 bits per heavy atom. The van der Waals surface area contributed by atoms with Crippen molar-refractivity contribution in [1.29, 1.82) is 0 Å². The van der Waals surface area contributed by atoms with Crippen molar-refractivity contribution in [2.45, 2.75) is 38.1 Å². The van der Waals surface area contributed by atoms with Crippen LogP contribution in [0.3, 0.4) is 0 Å². The topological polar surface area (TPSA) is 61.4 Å². The van der Waals surface area contributed by atoms with E-state index in [4.69, 9.17) is 0 Å². The molecule has 1 aromatic carbocycles. The van der Waals surface area contributed by atoms with Gasteiger partial charge in [-0.25, -0.2) is 14.4 Å².